The Kier molecular flexibility index (Phi) is 4.44. The van der Waals surface area contributed by atoms with E-state index in [-0.39, 0.29) is 0 Å². The lowest BCUT2D eigenvalue weighted by Gasteiger charge is -2.30. The molecule has 1 aromatic heterocycles. The fourth-order valence-electron chi connectivity index (χ4n) is 2.25. The number of aliphatic hydroxyl groups is 1. The Morgan fingerprint density at radius 3 is 2.76 bits per heavy atom. The van der Waals surface area contributed by atoms with Crippen LogP contribution in [0.1, 0.15) is 32.0 Å². The van der Waals surface area contributed by atoms with Crippen LogP contribution in [0.25, 0.3) is 0 Å². The predicted octanol–water partition coefficient (Wildman–Crippen LogP) is 0.287. The number of aromatic nitrogens is 4. The lowest BCUT2D eigenvalue weighted by molar-refractivity contribution is 0.124. The van der Waals surface area contributed by atoms with Crippen molar-refractivity contribution < 1.29 is 5.11 Å². The molecule has 0 spiro atoms. The van der Waals surface area contributed by atoms with Gasteiger partial charge < -0.3 is 5.11 Å². The maximum absolute atomic E-state index is 9.09. The molecule has 1 aromatic rings. The Hall–Kier alpha value is -1.01. The number of aryl methyl sites for hydroxylation is 1. The van der Waals surface area contributed by atoms with E-state index in [0.29, 0.717) is 12.5 Å². The zero-order valence-corrected chi connectivity index (χ0v) is 10.4. The summed E-state index contributed by atoms with van der Waals surface area (Å²) in [5, 5.41) is 20.9. The summed E-state index contributed by atoms with van der Waals surface area (Å²) < 4.78 is 1.89. The highest BCUT2D eigenvalue weighted by atomic mass is 16.3. The molecule has 2 heterocycles. The average molecular weight is 239 g/mol. The average Bonchev–Trinajstić information content (AvgIpc) is 2.78. The SMILES string of the molecule is CCCn1nnnc1CN1CCC(CO)CC1. The van der Waals surface area contributed by atoms with Gasteiger partial charge in [0, 0.05) is 13.2 Å². The number of tetrazole rings is 1. The summed E-state index contributed by atoms with van der Waals surface area (Å²) >= 11 is 0. The summed E-state index contributed by atoms with van der Waals surface area (Å²) in [5.74, 6) is 1.44. The quantitative estimate of drug-likeness (QED) is 0.800. The summed E-state index contributed by atoms with van der Waals surface area (Å²) in [6, 6.07) is 0. The first-order chi connectivity index (χ1) is 8.33. The van der Waals surface area contributed by atoms with Crippen molar-refractivity contribution in [2.24, 2.45) is 5.92 Å². The van der Waals surface area contributed by atoms with Crippen LogP contribution in [0.5, 0.6) is 0 Å². The van der Waals surface area contributed by atoms with Gasteiger partial charge in [-0.2, -0.15) is 0 Å². The first kappa shape index (κ1) is 12.4. The first-order valence-electron chi connectivity index (χ1n) is 6.41. The Morgan fingerprint density at radius 1 is 1.35 bits per heavy atom. The van der Waals surface area contributed by atoms with Crippen molar-refractivity contribution in [3.8, 4) is 0 Å². The molecule has 1 aliphatic heterocycles. The molecular weight excluding hydrogens is 218 g/mol. The van der Waals surface area contributed by atoms with E-state index < -0.39 is 0 Å². The normalized spacial score (nSPS) is 18.7. The van der Waals surface area contributed by atoms with E-state index >= 15 is 0 Å². The van der Waals surface area contributed by atoms with Crippen molar-refractivity contribution in [3.05, 3.63) is 5.82 Å². The summed E-state index contributed by atoms with van der Waals surface area (Å²) in [6.07, 6.45) is 3.20. The minimum atomic E-state index is 0.321. The number of nitrogens with zero attached hydrogens (tertiary/aromatic N) is 5. The largest absolute Gasteiger partial charge is 0.396 e. The van der Waals surface area contributed by atoms with Gasteiger partial charge in [0.25, 0.3) is 0 Å². The van der Waals surface area contributed by atoms with Crippen LogP contribution in [-0.4, -0.2) is 49.9 Å². The maximum atomic E-state index is 9.09. The first-order valence-corrected chi connectivity index (χ1v) is 6.41. The molecule has 1 fully saturated rings. The summed E-state index contributed by atoms with van der Waals surface area (Å²) in [5.41, 5.74) is 0. The Bertz CT molecular complexity index is 332. The standard InChI is InChI=1S/C11H21N5O/c1-2-5-16-11(12-13-14-16)8-15-6-3-10(9-17)4-7-15/h10,17H,2-9H2,1H3. The van der Waals surface area contributed by atoms with Crippen molar-refractivity contribution in [1.82, 2.24) is 25.1 Å². The number of rotatable bonds is 5. The van der Waals surface area contributed by atoms with Gasteiger partial charge in [0.05, 0.1) is 6.54 Å². The van der Waals surface area contributed by atoms with E-state index in [1.807, 2.05) is 4.68 Å². The van der Waals surface area contributed by atoms with Crippen molar-refractivity contribution in [2.75, 3.05) is 19.7 Å². The molecule has 0 saturated carbocycles. The summed E-state index contributed by atoms with van der Waals surface area (Å²) in [6.45, 7) is 6.22. The van der Waals surface area contributed by atoms with Crippen molar-refractivity contribution >= 4 is 0 Å². The van der Waals surface area contributed by atoms with Crippen LogP contribution >= 0.6 is 0 Å². The van der Waals surface area contributed by atoms with E-state index in [1.54, 1.807) is 0 Å². The number of piperidine rings is 1. The Balaban J connectivity index is 1.86. The van der Waals surface area contributed by atoms with Crippen LogP contribution < -0.4 is 0 Å². The van der Waals surface area contributed by atoms with Gasteiger partial charge in [0.2, 0.25) is 0 Å². The van der Waals surface area contributed by atoms with Crippen molar-refractivity contribution in [3.63, 3.8) is 0 Å². The highest BCUT2D eigenvalue weighted by Crippen LogP contribution is 2.17. The second-order valence-electron chi connectivity index (χ2n) is 4.72. The van der Waals surface area contributed by atoms with Crippen molar-refractivity contribution in [2.45, 2.75) is 39.3 Å². The van der Waals surface area contributed by atoms with Gasteiger partial charge in [-0.15, -0.1) is 5.10 Å². The van der Waals surface area contributed by atoms with Gasteiger partial charge in [0.15, 0.2) is 5.82 Å². The molecule has 1 saturated heterocycles. The topological polar surface area (TPSA) is 67.1 Å². The summed E-state index contributed by atoms with van der Waals surface area (Å²) in [4.78, 5) is 2.37. The summed E-state index contributed by atoms with van der Waals surface area (Å²) in [7, 11) is 0. The van der Waals surface area contributed by atoms with E-state index in [1.165, 1.54) is 0 Å². The van der Waals surface area contributed by atoms with Crippen LogP contribution in [-0.2, 0) is 13.1 Å². The third-order valence-electron chi connectivity index (χ3n) is 3.37. The van der Waals surface area contributed by atoms with Crippen LogP contribution in [0.4, 0.5) is 0 Å². The van der Waals surface area contributed by atoms with Crippen LogP contribution in [0.3, 0.4) is 0 Å². The fourth-order valence-corrected chi connectivity index (χ4v) is 2.25. The molecule has 0 radical (unpaired) electrons. The molecule has 1 N–H and O–H groups in total. The number of aliphatic hydroxyl groups excluding tert-OH is 1. The molecule has 0 bridgehead atoms. The van der Waals surface area contributed by atoms with E-state index in [4.69, 9.17) is 5.11 Å². The van der Waals surface area contributed by atoms with Gasteiger partial charge in [-0.05, 0) is 48.7 Å². The molecule has 2 rings (SSSR count). The van der Waals surface area contributed by atoms with Gasteiger partial charge >= 0.3 is 0 Å². The number of hydrogen-bond donors (Lipinski definition) is 1. The Morgan fingerprint density at radius 2 is 2.12 bits per heavy atom. The Labute approximate surface area is 102 Å². The zero-order valence-electron chi connectivity index (χ0n) is 10.4. The molecule has 6 nitrogen and oxygen atoms in total. The molecule has 0 aliphatic carbocycles. The molecule has 96 valence electrons. The molecule has 0 atom stereocenters. The van der Waals surface area contributed by atoms with E-state index in [0.717, 1.165) is 51.3 Å². The predicted molar refractivity (Wildman–Crippen MR) is 63.2 cm³/mol. The van der Waals surface area contributed by atoms with Crippen molar-refractivity contribution in [1.29, 1.82) is 0 Å². The zero-order chi connectivity index (χ0) is 12.1. The third-order valence-corrected chi connectivity index (χ3v) is 3.37. The van der Waals surface area contributed by atoms with Crippen LogP contribution in [0.15, 0.2) is 0 Å². The molecule has 6 heteroatoms. The van der Waals surface area contributed by atoms with Gasteiger partial charge in [0.1, 0.15) is 0 Å². The molecule has 17 heavy (non-hydrogen) atoms. The highest BCUT2D eigenvalue weighted by molar-refractivity contribution is 4.83. The van der Waals surface area contributed by atoms with Crippen LogP contribution in [0, 0.1) is 5.92 Å². The lowest BCUT2D eigenvalue weighted by atomic mass is 9.98. The second kappa shape index (κ2) is 6.07. The molecular formula is C11H21N5O. The van der Waals surface area contributed by atoms with Crippen LogP contribution in [0.2, 0.25) is 0 Å². The molecule has 0 aromatic carbocycles. The van der Waals surface area contributed by atoms with E-state index in [9.17, 15) is 0 Å². The lowest BCUT2D eigenvalue weighted by Crippen LogP contribution is -2.35. The highest BCUT2D eigenvalue weighted by Gasteiger charge is 2.20. The molecule has 1 aliphatic rings. The maximum Gasteiger partial charge on any atom is 0.165 e. The smallest absolute Gasteiger partial charge is 0.165 e. The van der Waals surface area contributed by atoms with Gasteiger partial charge in [-0.25, -0.2) is 4.68 Å². The number of likely N-dealkylation sites (tertiary alicyclic amines) is 1. The van der Waals surface area contributed by atoms with E-state index in [2.05, 4.69) is 27.3 Å². The second-order valence-corrected chi connectivity index (χ2v) is 4.72. The van der Waals surface area contributed by atoms with Gasteiger partial charge in [-0.1, -0.05) is 6.92 Å². The number of hydrogen-bond acceptors (Lipinski definition) is 5. The fraction of sp³-hybridized carbons (Fsp3) is 0.909. The minimum Gasteiger partial charge on any atom is -0.396 e. The third kappa shape index (κ3) is 3.23. The molecule has 0 amide bonds. The molecule has 0 unspecified atom stereocenters. The van der Waals surface area contributed by atoms with Gasteiger partial charge in [-0.3, -0.25) is 4.90 Å². The monoisotopic (exact) mass is 239 g/mol. The minimum absolute atomic E-state index is 0.321.